The minimum absolute atomic E-state index is 0.353. The highest BCUT2D eigenvalue weighted by molar-refractivity contribution is 7.89. The van der Waals surface area contributed by atoms with Gasteiger partial charge in [0.2, 0.25) is 10.0 Å². The molecule has 2 aliphatic rings. The molecule has 0 saturated carbocycles. The van der Waals surface area contributed by atoms with Crippen LogP contribution in [0, 0.1) is 13.8 Å². The number of piperazine rings is 1. The second-order valence-corrected chi connectivity index (χ2v) is 10.5. The zero-order valence-corrected chi connectivity index (χ0v) is 20.1. The van der Waals surface area contributed by atoms with E-state index in [1.807, 2.05) is 26.0 Å². The zero-order chi connectivity index (χ0) is 22.7. The number of methoxy groups -OCH3 is 1. The van der Waals surface area contributed by atoms with Crippen molar-refractivity contribution in [3.8, 4) is 5.75 Å². The Balaban J connectivity index is 1.42. The van der Waals surface area contributed by atoms with Crippen LogP contribution >= 0.6 is 0 Å². The first-order valence-electron chi connectivity index (χ1n) is 11.4. The third kappa shape index (κ3) is 4.68. The second kappa shape index (κ2) is 9.62. The van der Waals surface area contributed by atoms with Gasteiger partial charge in [-0.1, -0.05) is 12.8 Å². The van der Waals surface area contributed by atoms with Crippen LogP contribution in [-0.4, -0.2) is 69.3 Å². The molecule has 174 valence electrons. The van der Waals surface area contributed by atoms with Crippen molar-refractivity contribution in [1.82, 2.24) is 14.5 Å². The monoisotopic (exact) mass is 459 g/mol. The van der Waals surface area contributed by atoms with Gasteiger partial charge in [0.15, 0.2) is 11.6 Å². The number of benzene rings is 1. The van der Waals surface area contributed by atoms with Gasteiger partial charge in [0.05, 0.1) is 12.0 Å². The van der Waals surface area contributed by atoms with E-state index in [1.54, 1.807) is 23.5 Å². The molecule has 1 aromatic heterocycles. The molecule has 0 N–H and O–H groups in total. The van der Waals surface area contributed by atoms with E-state index in [4.69, 9.17) is 4.74 Å². The molecule has 3 heterocycles. The number of ether oxygens (including phenoxy) is 1. The SMILES string of the molecule is COc1cc(C)c(S(=O)(=O)N2CCN(c3ccc(N4CCCCCC4)nn3)CC2)cc1C. The first-order valence-corrected chi connectivity index (χ1v) is 12.8. The predicted molar refractivity (Wildman–Crippen MR) is 126 cm³/mol. The Morgan fingerprint density at radius 2 is 1.34 bits per heavy atom. The molecule has 2 aromatic rings. The molecular formula is C23H33N5O3S. The molecule has 8 nitrogen and oxygen atoms in total. The van der Waals surface area contributed by atoms with Gasteiger partial charge in [0.1, 0.15) is 5.75 Å². The van der Waals surface area contributed by atoms with Crippen LogP contribution in [-0.2, 0) is 10.0 Å². The first kappa shape index (κ1) is 22.8. The third-order valence-corrected chi connectivity index (χ3v) is 8.48. The average Bonchev–Trinajstić information content (AvgIpc) is 3.10. The van der Waals surface area contributed by atoms with Crippen LogP contribution in [0.15, 0.2) is 29.2 Å². The van der Waals surface area contributed by atoms with E-state index < -0.39 is 10.0 Å². The Kier molecular flexibility index (Phi) is 6.85. The van der Waals surface area contributed by atoms with Crippen molar-refractivity contribution < 1.29 is 13.2 Å². The van der Waals surface area contributed by atoms with Crippen molar-refractivity contribution >= 4 is 21.7 Å². The van der Waals surface area contributed by atoms with Crippen LogP contribution in [0.5, 0.6) is 5.75 Å². The molecule has 1 aromatic carbocycles. The Morgan fingerprint density at radius 3 is 1.88 bits per heavy atom. The van der Waals surface area contributed by atoms with Gasteiger partial charge in [-0.2, -0.15) is 4.31 Å². The lowest BCUT2D eigenvalue weighted by Gasteiger charge is -2.35. The highest BCUT2D eigenvalue weighted by atomic mass is 32.2. The van der Waals surface area contributed by atoms with Crippen molar-refractivity contribution in [2.45, 2.75) is 44.4 Å². The summed E-state index contributed by atoms with van der Waals surface area (Å²) < 4.78 is 33.5. The summed E-state index contributed by atoms with van der Waals surface area (Å²) in [7, 11) is -1.97. The van der Waals surface area contributed by atoms with Crippen LogP contribution in [0.25, 0.3) is 0 Å². The number of rotatable bonds is 5. The van der Waals surface area contributed by atoms with E-state index in [2.05, 4.69) is 20.0 Å². The van der Waals surface area contributed by atoms with E-state index in [0.29, 0.717) is 42.4 Å². The standard InChI is InChI=1S/C23H33N5O3S/c1-18-17-21(19(2)16-20(18)31-3)32(29,30)28-14-12-27(13-15-28)23-9-8-22(24-25-23)26-10-6-4-5-7-11-26/h8-9,16-17H,4-7,10-15H2,1-3H3. The topological polar surface area (TPSA) is 78.9 Å². The lowest BCUT2D eigenvalue weighted by Crippen LogP contribution is -2.49. The smallest absolute Gasteiger partial charge is 0.243 e. The molecule has 0 atom stereocenters. The number of sulfonamides is 1. The fraction of sp³-hybridized carbons (Fsp3) is 0.565. The molecular weight excluding hydrogens is 426 g/mol. The Labute approximate surface area is 191 Å². The summed E-state index contributed by atoms with van der Waals surface area (Å²) in [4.78, 5) is 4.77. The number of nitrogens with zero attached hydrogens (tertiary/aromatic N) is 5. The van der Waals surface area contributed by atoms with E-state index in [1.165, 1.54) is 25.7 Å². The Morgan fingerprint density at radius 1 is 0.781 bits per heavy atom. The molecule has 0 amide bonds. The Bertz CT molecular complexity index is 1030. The van der Waals surface area contributed by atoms with Crippen molar-refractivity contribution in [2.24, 2.45) is 0 Å². The largest absolute Gasteiger partial charge is 0.496 e. The fourth-order valence-corrected chi connectivity index (χ4v) is 6.23. The lowest BCUT2D eigenvalue weighted by atomic mass is 10.1. The fourth-order valence-electron chi connectivity index (χ4n) is 4.51. The molecule has 0 unspecified atom stereocenters. The van der Waals surface area contributed by atoms with E-state index in [-0.39, 0.29) is 0 Å². The van der Waals surface area contributed by atoms with E-state index in [9.17, 15) is 8.42 Å². The zero-order valence-electron chi connectivity index (χ0n) is 19.2. The lowest BCUT2D eigenvalue weighted by molar-refractivity contribution is 0.382. The number of aromatic nitrogens is 2. The van der Waals surface area contributed by atoms with E-state index >= 15 is 0 Å². The molecule has 0 aliphatic carbocycles. The molecule has 2 saturated heterocycles. The summed E-state index contributed by atoms with van der Waals surface area (Å²) in [6.07, 6.45) is 4.97. The molecule has 4 rings (SSSR count). The molecule has 0 radical (unpaired) electrons. The quantitative estimate of drug-likeness (QED) is 0.680. The average molecular weight is 460 g/mol. The van der Waals surface area contributed by atoms with E-state index in [0.717, 1.165) is 30.3 Å². The maximum atomic E-state index is 13.3. The van der Waals surface area contributed by atoms with Gasteiger partial charge in [0.25, 0.3) is 0 Å². The number of aryl methyl sites for hydroxylation is 2. The molecule has 32 heavy (non-hydrogen) atoms. The molecule has 2 fully saturated rings. The van der Waals surface area contributed by atoms with Gasteiger partial charge in [-0.25, -0.2) is 8.42 Å². The molecule has 0 spiro atoms. The summed E-state index contributed by atoms with van der Waals surface area (Å²) in [6.45, 7) is 7.76. The van der Waals surface area contributed by atoms with Crippen LogP contribution in [0.4, 0.5) is 11.6 Å². The summed E-state index contributed by atoms with van der Waals surface area (Å²) in [5.74, 6) is 2.44. The molecule has 9 heteroatoms. The maximum absolute atomic E-state index is 13.3. The minimum atomic E-state index is -3.56. The highest BCUT2D eigenvalue weighted by Crippen LogP contribution is 2.29. The Hall–Kier alpha value is -2.39. The maximum Gasteiger partial charge on any atom is 0.243 e. The summed E-state index contributed by atoms with van der Waals surface area (Å²) >= 11 is 0. The summed E-state index contributed by atoms with van der Waals surface area (Å²) in [6, 6.07) is 7.55. The van der Waals surface area contributed by atoms with Crippen LogP contribution in [0.2, 0.25) is 0 Å². The van der Waals surface area contributed by atoms with Gasteiger partial charge in [-0.3, -0.25) is 0 Å². The summed E-state index contributed by atoms with van der Waals surface area (Å²) in [5.41, 5.74) is 1.51. The summed E-state index contributed by atoms with van der Waals surface area (Å²) in [5, 5.41) is 8.91. The van der Waals surface area contributed by atoms with Crippen LogP contribution < -0.4 is 14.5 Å². The van der Waals surface area contributed by atoms with Crippen molar-refractivity contribution in [3.63, 3.8) is 0 Å². The van der Waals surface area contributed by atoms with Gasteiger partial charge in [-0.15, -0.1) is 10.2 Å². The van der Waals surface area contributed by atoms with Crippen molar-refractivity contribution in [3.05, 3.63) is 35.4 Å². The molecule has 2 aliphatic heterocycles. The van der Waals surface area contributed by atoms with Crippen molar-refractivity contribution in [1.29, 1.82) is 0 Å². The van der Waals surface area contributed by atoms with Gasteiger partial charge in [-0.05, 0) is 62.1 Å². The number of hydrogen-bond donors (Lipinski definition) is 0. The van der Waals surface area contributed by atoms with Gasteiger partial charge >= 0.3 is 0 Å². The number of anilines is 2. The van der Waals surface area contributed by atoms with Gasteiger partial charge < -0.3 is 14.5 Å². The predicted octanol–water partition coefficient (Wildman–Crippen LogP) is 2.99. The van der Waals surface area contributed by atoms with Crippen LogP contribution in [0.3, 0.4) is 0 Å². The second-order valence-electron chi connectivity index (χ2n) is 8.63. The van der Waals surface area contributed by atoms with Crippen LogP contribution in [0.1, 0.15) is 36.8 Å². The normalized spacial score (nSPS) is 18.5. The van der Waals surface area contributed by atoms with Crippen molar-refractivity contribution in [2.75, 3.05) is 56.2 Å². The third-order valence-electron chi connectivity index (χ3n) is 6.44. The highest BCUT2D eigenvalue weighted by Gasteiger charge is 2.30. The molecule has 0 bridgehead atoms. The van der Waals surface area contributed by atoms with Gasteiger partial charge in [0, 0.05) is 39.3 Å². The minimum Gasteiger partial charge on any atom is -0.496 e. The number of hydrogen-bond acceptors (Lipinski definition) is 7. The first-order chi connectivity index (χ1) is 15.4.